The number of hydrogen-bond donors (Lipinski definition) is 1. The Morgan fingerprint density at radius 1 is 1.06 bits per heavy atom. The second-order valence-corrected chi connectivity index (χ2v) is 10.2. The van der Waals surface area contributed by atoms with E-state index in [-0.39, 0.29) is 17.1 Å². The topological polar surface area (TPSA) is 73.0 Å². The highest BCUT2D eigenvalue weighted by Crippen LogP contribution is 2.10. The third-order valence-electron chi connectivity index (χ3n) is 5.49. The largest absolute Gasteiger partial charge is 0.338 e. The zero-order valence-electron chi connectivity index (χ0n) is 19.4. The molecule has 0 unspecified atom stereocenters. The Hall–Kier alpha value is -1.71. The second-order valence-electron chi connectivity index (χ2n) is 7.97. The Morgan fingerprint density at radius 2 is 1.75 bits per heavy atom. The van der Waals surface area contributed by atoms with E-state index >= 15 is 0 Å². The summed E-state index contributed by atoms with van der Waals surface area (Å²) < 4.78 is 0. The lowest BCUT2D eigenvalue weighted by molar-refractivity contribution is -0.134. The van der Waals surface area contributed by atoms with Crippen LogP contribution in [0.5, 0.6) is 0 Å². The molecule has 1 aliphatic heterocycles. The van der Waals surface area contributed by atoms with Crippen LogP contribution in [-0.2, 0) is 16.0 Å². The van der Waals surface area contributed by atoms with E-state index in [1.165, 1.54) is 18.7 Å². The second kappa shape index (κ2) is 14.4. The van der Waals surface area contributed by atoms with Crippen LogP contribution in [0.25, 0.3) is 0 Å². The van der Waals surface area contributed by atoms with E-state index in [1.54, 1.807) is 16.7 Å². The highest BCUT2D eigenvalue weighted by atomic mass is 32.2. The Balaban J connectivity index is 2.03. The molecule has 1 N–H and O–H groups in total. The van der Waals surface area contributed by atoms with Crippen molar-refractivity contribution in [1.29, 1.82) is 0 Å². The summed E-state index contributed by atoms with van der Waals surface area (Å²) in [6.07, 6.45) is 3.33. The van der Waals surface area contributed by atoms with Crippen molar-refractivity contribution in [3.05, 3.63) is 35.9 Å². The van der Waals surface area contributed by atoms with Crippen molar-refractivity contribution < 1.29 is 14.4 Å². The SMILES string of the molecule is CSCC[C@H](NC(=O)N(CCSC(C)=O)CCc1ccccc1)C(=O)N1CCN(C)CC1. The fraction of sp³-hybridized carbons (Fsp3) is 0.609. The van der Waals surface area contributed by atoms with Crippen molar-refractivity contribution in [3.8, 4) is 0 Å². The molecule has 1 aromatic carbocycles. The van der Waals surface area contributed by atoms with Crippen molar-refractivity contribution in [2.45, 2.75) is 25.8 Å². The first-order chi connectivity index (χ1) is 15.4. The number of carbonyl (C=O) groups is 3. The van der Waals surface area contributed by atoms with Crippen molar-refractivity contribution in [3.63, 3.8) is 0 Å². The number of hydrogen-bond acceptors (Lipinski definition) is 6. The lowest BCUT2D eigenvalue weighted by atomic mass is 10.1. The molecule has 1 atom stereocenters. The van der Waals surface area contributed by atoms with Crippen LogP contribution in [0.4, 0.5) is 4.79 Å². The Morgan fingerprint density at radius 3 is 2.38 bits per heavy atom. The molecule has 0 radical (unpaired) electrons. The molecule has 0 bridgehead atoms. The van der Waals surface area contributed by atoms with E-state index in [9.17, 15) is 14.4 Å². The molecule has 0 aromatic heterocycles. The van der Waals surface area contributed by atoms with Crippen molar-refractivity contribution in [2.75, 3.05) is 64.1 Å². The monoisotopic (exact) mass is 480 g/mol. The zero-order valence-corrected chi connectivity index (χ0v) is 21.1. The first kappa shape index (κ1) is 26.5. The van der Waals surface area contributed by atoms with E-state index < -0.39 is 6.04 Å². The Kier molecular flexibility index (Phi) is 12.0. The predicted octanol–water partition coefficient (Wildman–Crippen LogP) is 2.42. The van der Waals surface area contributed by atoms with Crippen LogP contribution in [0, 0.1) is 0 Å². The van der Waals surface area contributed by atoms with Gasteiger partial charge in [0.05, 0.1) is 0 Å². The number of likely N-dealkylation sites (N-methyl/N-ethyl adjacent to an activating group) is 1. The summed E-state index contributed by atoms with van der Waals surface area (Å²) in [5.74, 6) is 1.34. The maximum Gasteiger partial charge on any atom is 0.318 e. The molecule has 0 spiro atoms. The van der Waals surface area contributed by atoms with Crippen molar-refractivity contribution in [1.82, 2.24) is 20.0 Å². The van der Waals surface area contributed by atoms with Gasteiger partial charge >= 0.3 is 6.03 Å². The molecule has 0 aliphatic carbocycles. The van der Waals surface area contributed by atoms with Gasteiger partial charge in [-0.2, -0.15) is 11.8 Å². The summed E-state index contributed by atoms with van der Waals surface area (Å²) in [7, 11) is 2.05. The molecule has 1 aromatic rings. The summed E-state index contributed by atoms with van der Waals surface area (Å²) >= 11 is 2.89. The van der Waals surface area contributed by atoms with Gasteiger partial charge in [0.15, 0.2) is 5.12 Å². The van der Waals surface area contributed by atoms with Crippen LogP contribution in [0.1, 0.15) is 18.9 Å². The van der Waals surface area contributed by atoms with Gasteiger partial charge in [-0.25, -0.2) is 4.79 Å². The molecule has 1 heterocycles. The van der Waals surface area contributed by atoms with E-state index in [4.69, 9.17) is 0 Å². The van der Waals surface area contributed by atoms with Crippen LogP contribution in [0.3, 0.4) is 0 Å². The Labute approximate surface area is 200 Å². The van der Waals surface area contributed by atoms with Gasteiger partial charge in [-0.05, 0) is 37.5 Å². The number of benzene rings is 1. The van der Waals surface area contributed by atoms with Crippen LogP contribution in [-0.4, -0.2) is 102 Å². The fourth-order valence-electron chi connectivity index (χ4n) is 3.50. The number of amides is 3. The molecule has 0 saturated carbocycles. The smallest absolute Gasteiger partial charge is 0.318 e. The number of urea groups is 1. The molecule has 9 heteroatoms. The minimum Gasteiger partial charge on any atom is -0.338 e. The van der Waals surface area contributed by atoms with E-state index in [1.807, 2.05) is 41.5 Å². The molecule has 1 aliphatic rings. The minimum atomic E-state index is -0.530. The molecule has 3 amide bonds. The van der Waals surface area contributed by atoms with Crippen molar-refractivity contribution >= 4 is 40.6 Å². The van der Waals surface area contributed by atoms with Gasteiger partial charge in [0.2, 0.25) is 5.91 Å². The molecular weight excluding hydrogens is 444 g/mol. The highest BCUT2D eigenvalue weighted by molar-refractivity contribution is 8.13. The third-order valence-corrected chi connectivity index (χ3v) is 6.93. The maximum atomic E-state index is 13.2. The first-order valence-electron chi connectivity index (χ1n) is 11.1. The lowest BCUT2D eigenvalue weighted by Gasteiger charge is -2.35. The molecule has 178 valence electrons. The van der Waals surface area contributed by atoms with Gasteiger partial charge in [0.1, 0.15) is 6.04 Å². The third kappa shape index (κ3) is 9.42. The molecule has 1 saturated heterocycles. The number of piperazine rings is 1. The number of thioether (sulfide) groups is 2. The summed E-state index contributed by atoms with van der Waals surface area (Å²) in [5, 5.41) is 3.05. The molecular formula is C23H36N4O3S2. The zero-order chi connectivity index (χ0) is 23.3. The molecule has 7 nitrogen and oxygen atoms in total. The van der Waals surface area contributed by atoms with E-state index in [2.05, 4.69) is 17.3 Å². The average Bonchev–Trinajstić information content (AvgIpc) is 2.79. The summed E-state index contributed by atoms with van der Waals surface area (Å²) in [6, 6.07) is 9.25. The molecule has 1 fully saturated rings. The number of nitrogens with zero attached hydrogens (tertiary/aromatic N) is 3. The van der Waals surface area contributed by atoms with Gasteiger partial charge in [-0.15, -0.1) is 0 Å². The van der Waals surface area contributed by atoms with Crippen LogP contribution < -0.4 is 5.32 Å². The van der Waals surface area contributed by atoms with E-state index in [0.29, 0.717) is 38.4 Å². The number of rotatable bonds is 11. The van der Waals surface area contributed by atoms with Gasteiger partial charge in [-0.3, -0.25) is 9.59 Å². The average molecular weight is 481 g/mol. The van der Waals surface area contributed by atoms with Crippen LogP contribution in [0.2, 0.25) is 0 Å². The Bertz CT molecular complexity index is 727. The highest BCUT2D eigenvalue weighted by Gasteiger charge is 2.29. The maximum absolute atomic E-state index is 13.2. The van der Waals surface area contributed by atoms with Crippen molar-refractivity contribution in [2.24, 2.45) is 0 Å². The van der Waals surface area contributed by atoms with Crippen LogP contribution in [0.15, 0.2) is 30.3 Å². The summed E-state index contributed by atoms with van der Waals surface area (Å²) in [4.78, 5) is 43.5. The summed E-state index contributed by atoms with van der Waals surface area (Å²) in [6.45, 7) is 5.60. The van der Waals surface area contributed by atoms with Crippen LogP contribution >= 0.6 is 23.5 Å². The fourth-order valence-corrected chi connectivity index (χ4v) is 4.57. The first-order valence-corrected chi connectivity index (χ1v) is 13.5. The van der Waals surface area contributed by atoms with Gasteiger partial charge < -0.3 is 20.0 Å². The predicted molar refractivity (Wildman–Crippen MR) is 134 cm³/mol. The molecule has 2 rings (SSSR count). The number of nitrogens with one attached hydrogen (secondary N) is 1. The summed E-state index contributed by atoms with van der Waals surface area (Å²) in [5.41, 5.74) is 1.15. The molecule has 32 heavy (non-hydrogen) atoms. The van der Waals surface area contributed by atoms with E-state index in [0.717, 1.165) is 30.8 Å². The lowest BCUT2D eigenvalue weighted by Crippen LogP contribution is -2.56. The minimum absolute atomic E-state index is 0.00150. The normalized spacial score (nSPS) is 15.3. The van der Waals surface area contributed by atoms with Gasteiger partial charge in [0, 0.05) is 51.9 Å². The van der Waals surface area contributed by atoms with Gasteiger partial charge in [0.25, 0.3) is 0 Å². The van der Waals surface area contributed by atoms with Gasteiger partial charge in [-0.1, -0.05) is 42.1 Å². The number of carbonyl (C=O) groups excluding carboxylic acids is 3. The standard InChI is InChI=1S/C23H36N4O3S2/c1-19(28)32-18-16-27(11-9-20-7-5-4-6-8-20)23(30)24-21(10-17-31-3)22(29)26-14-12-25(2)13-15-26/h4-8,21H,9-18H2,1-3H3,(H,24,30)/t21-/m0/s1. The quantitative estimate of drug-likeness (QED) is 0.524.